The third-order valence-corrected chi connectivity index (χ3v) is 5.65. The fourth-order valence-electron chi connectivity index (χ4n) is 2.71. The van der Waals surface area contributed by atoms with Crippen LogP contribution in [0.25, 0.3) is 0 Å². The first-order valence-electron chi connectivity index (χ1n) is 7.46. The van der Waals surface area contributed by atoms with Crippen LogP contribution in [0.5, 0.6) is 0 Å². The summed E-state index contributed by atoms with van der Waals surface area (Å²) in [7, 11) is -4.01. The minimum absolute atomic E-state index is 0.0280. The molecule has 1 aliphatic heterocycles. The zero-order chi connectivity index (χ0) is 17.2. The minimum atomic E-state index is -4.01. The average molecular weight is 346 g/mol. The Morgan fingerprint density at radius 1 is 1.39 bits per heavy atom. The van der Waals surface area contributed by atoms with E-state index >= 15 is 0 Å². The van der Waals surface area contributed by atoms with E-state index in [-0.39, 0.29) is 17.3 Å². The van der Waals surface area contributed by atoms with Crippen LogP contribution in [0.1, 0.15) is 25.8 Å². The van der Waals surface area contributed by atoms with Crippen LogP contribution in [0.2, 0.25) is 0 Å². The van der Waals surface area contributed by atoms with Crippen LogP contribution >= 0.6 is 0 Å². The number of fused-ring (bicyclic) bond motifs is 1. The van der Waals surface area contributed by atoms with Gasteiger partial charge in [0.05, 0.1) is 11.4 Å². The molecule has 1 aliphatic rings. The minimum Gasteiger partial charge on any atom is -0.312 e. The second-order valence-corrected chi connectivity index (χ2v) is 7.40. The molecule has 0 atom stereocenters. The summed E-state index contributed by atoms with van der Waals surface area (Å²) in [6, 6.07) is 4.48. The zero-order valence-corrected chi connectivity index (χ0v) is 13.9. The first-order valence-corrected chi connectivity index (χ1v) is 8.90. The van der Waals surface area contributed by atoms with Crippen LogP contribution in [0.4, 0.5) is 14.5 Å². The molecule has 0 bridgehead atoms. The van der Waals surface area contributed by atoms with E-state index in [4.69, 9.17) is 0 Å². The summed E-state index contributed by atoms with van der Waals surface area (Å²) in [5, 5.41) is 0. The standard InChI is InChI=1S/C15H20F2N2O3S/c1-3-7-18(10-15(16)17)23(21,22)13-5-4-12-6-8-19(11(2)20)14(12)9-13/h4-5,9,15H,3,6-8,10H2,1-2H3. The SMILES string of the molecule is CCCN(CC(F)F)S(=O)(=O)c1ccc2c(c1)N(C(C)=O)CC2. The molecular weight excluding hydrogens is 326 g/mol. The van der Waals surface area contributed by atoms with Gasteiger partial charge in [-0.25, -0.2) is 17.2 Å². The van der Waals surface area contributed by atoms with Gasteiger partial charge in [0.1, 0.15) is 0 Å². The number of rotatable bonds is 6. The van der Waals surface area contributed by atoms with Gasteiger partial charge in [0, 0.05) is 25.7 Å². The second kappa shape index (κ2) is 6.92. The Morgan fingerprint density at radius 2 is 2.09 bits per heavy atom. The molecule has 0 fully saturated rings. The molecule has 1 amide bonds. The number of carbonyl (C=O) groups excluding carboxylic acids is 1. The Hall–Kier alpha value is -1.54. The Labute approximate surface area is 134 Å². The third-order valence-electron chi connectivity index (χ3n) is 3.78. The number of carbonyl (C=O) groups is 1. The zero-order valence-electron chi connectivity index (χ0n) is 13.1. The molecular formula is C15H20F2N2O3S. The number of halogens is 2. The van der Waals surface area contributed by atoms with Crippen LogP contribution in [-0.2, 0) is 21.2 Å². The summed E-state index contributed by atoms with van der Waals surface area (Å²) in [6.45, 7) is 2.85. The number of amides is 1. The van der Waals surface area contributed by atoms with Crippen LogP contribution in [0, 0.1) is 0 Å². The lowest BCUT2D eigenvalue weighted by Crippen LogP contribution is -2.35. The molecule has 23 heavy (non-hydrogen) atoms. The Morgan fingerprint density at radius 3 is 2.65 bits per heavy atom. The van der Waals surface area contributed by atoms with E-state index < -0.39 is 23.0 Å². The lowest BCUT2D eigenvalue weighted by atomic mass is 10.2. The van der Waals surface area contributed by atoms with Crippen molar-refractivity contribution in [3.8, 4) is 0 Å². The summed E-state index contributed by atoms with van der Waals surface area (Å²) in [6.07, 6.45) is -1.64. The molecule has 0 spiro atoms. The number of hydrogen-bond donors (Lipinski definition) is 0. The number of alkyl halides is 2. The normalized spacial score (nSPS) is 14.6. The van der Waals surface area contributed by atoms with Crippen LogP contribution in [-0.4, -0.2) is 44.7 Å². The van der Waals surface area contributed by atoms with Crippen molar-refractivity contribution in [1.82, 2.24) is 4.31 Å². The molecule has 0 saturated heterocycles. The maximum Gasteiger partial charge on any atom is 0.252 e. The molecule has 8 heteroatoms. The van der Waals surface area contributed by atoms with Gasteiger partial charge in [-0.3, -0.25) is 4.79 Å². The van der Waals surface area contributed by atoms with Gasteiger partial charge in [0.15, 0.2) is 0 Å². The maximum absolute atomic E-state index is 12.7. The van der Waals surface area contributed by atoms with Gasteiger partial charge in [0.2, 0.25) is 15.9 Å². The molecule has 1 aromatic rings. The highest BCUT2D eigenvalue weighted by atomic mass is 32.2. The molecule has 5 nitrogen and oxygen atoms in total. The van der Waals surface area contributed by atoms with Crippen molar-refractivity contribution in [1.29, 1.82) is 0 Å². The fraction of sp³-hybridized carbons (Fsp3) is 0.533. The van der Waals surface area contributed by atoms with Gasteiger partial charge < -0.3 is 4.90 Å². The number of benzene rings is 1. The highest BCUT2D eigenvalue weighted by Crippen LogP contribution is 2.31. The van der Waals surface area contributed by atoms with Crippen molar-refractivity contribution in [2.24, 2.45) is 0 Å². The van der Waals surface area contributed by atoms with Crippen molar-refractivity contribution < 1.29 is 22.0 Å². The summed E-state index contributed by atoms with van der Waals surface area (Å²) >= 11 is 0. The van der Waals surface area contributed by atoms with E-state index in [0.29, 0.717) is 25.1 Å². The van der Waals surface area contributed by atoms with E-state index in [2.05, 4.69) is 0 Å². The van der Waals surface area contributed by atoms with Gasteiger partial charge in [-0.1, -0.05) is 13.0 Å². The van der Waals surface area contributed by atoms with Crippen molar-refractivity contribution in [3.63, 3.8) is 0 Å². The molecule has 2 rings (SSSR count). The van der Waals surface area contributed by atoms with Crippen molar-refractivity contribution >= 4 is 21.6 Å². The number of anilines is 1. The molecule has 0 radical (unpaired) electrons. The molecule has 0 saturated carbocycles. The second-order valence-electron chi connectivity index (χ2n) is 5.47. The van der Waals surface area contributed by atoms with Crippen LogP contribution < -0.4 is 4.90 Å². The summed E-state index contributed by atoms with van der Waals surface area (Å²) in [4.78, 5) is 13.1. The number of nitrogens with zero attached hydrogens (tertiary/aromatic N) is 2. The van der Waals surface area contributed by atoms with Gasteiger partial charge in [0.25, 0.3) is 6.43 Å². The van der Waals surface area contributed by atoms with Gasteiger partial charge in [-0.15, -0.1) is 0 Å². The van der Waals surface area contributed by atoms with E-state index in [0.717, 1.165) is 9.87 Å². The first-order chi connectivity index (χ1) is 10.8. The Balaban J connectivity index is 2.40. The highest BCUT2D eigenvalue weighted by molar-refractivity contribution is 7.89. The van der Waals surface area contributed by atoms with Crippen LogP contribution in [0.15, 0.2) is 23.1 Å². The topological polar surface area (TPSA) is 57.7 Å². The lowest BCUT2D eigenvalue weighted by Gasteiger charge is -2.22. The van der Waals surface area contributed by atoms with Gasteiger partial charge in [-0.2, -0.15) is 4.31 Å². The smallest absolute Gasteiger partial charge is 0.252 e. The summed E-state index contributed by atoms with van der Waals surface area (Å²) in [5.74, 6) is -0.170. The van der Waals surface area contributed by atoms with Gasteiger partial charge in [-0.05, 0) is 30.5 Å². The predicted octanol–water partition coefficient (Wildman–Crippen LogP) is 2.26. The van der Waals surface area contributed by atoms with E-state index in [9.17, 15) is 22.0 Å². The molecule has 1 aromatic carbocycles. The largest absolute Gasteiger partial charge is 0.312 e. The molecule has 0 aliphatic carbocycles. The third kappa shape index (κ3) is 3.69. The highest BCUT2D eigenvalue weighted by Gasteiger charge is 2.29. The molecule has 0 unspecified atom stereocenters. The van der Waals surface area contributed by atoms with Crippen LogP contribution in [0.3, 0.4) is 0 Å². The number of sulfonamides is 1. The Kier molecular flexibility index (Phi) is 5.36. The molecule has 1 heterocycles. The maximum atomic E-state index is 12.7. The predicted molar refractivity (Wildman–Crippen MR) is 83.2 cm³/mol. The molecule has 0 aromatic heterocycles. The summed E-state index contributed by atoms with van der Waals surface area (Å²) < 4.78 is 51.4. The average Bonchev–Trinajstić information content (AvgIpc) is 2.89. The van der Waals surface area contributed by atoms with Crippen molar-refractivity contribution in [2.45, 2.75) is 38.0 Å². The van der Waals surface area contributed by atoms with E-state index in [1.165, 1.54) is 24.0 Å². The lowest BCUT2D eigenvalue weighted by molar-refractivity contribution is -0.116. The van der Waals surface area contributed by atoms with Crippen molar-refractivity contribution in [3.05, 3.63) is 23.8 Å². The Bertz CT molecular complexity index is 692. The molecule has 128 valence electrons. The number of hydrogen-bond acceptors (Lipinski definition) is 3. The van der Waals surface area contributed by atoms with E-state index in [1.807, 2.05) is 0 Å². The quantitative estimate of drug-likeness (QED) is 0.794. The molecule has 0 N–H and O–H groups in total. The van der Waals surface area contributed by atoms with Gasteiger partial charge >= 0.3 is 0 Å². The monoisotopic (exact) mass is 346 g/mol. The van der Waals surface area contributed by atoms with E-state index in [1.54, 1.807) is 13.0 Å². The fourth-order valence-corrected chi connectivity index (χ4v) is 4.24. The van der Waals surface area contributed by atoms with Crippen molar-refractivity contribution in [2.75, 3.05) is 24.5 Å². The summed E-state index contributed by atoms with van der Waals surface area (Å²) in [5.41, 5.74) is 1.43. The first kappa shape index (κ1) is 17.8.